The fourth-order valence-corrected chi connectivity index (χ4v) is 7.89. The number of carbonyl (C=O) groups excluding carboxylic acids is 2. The Morgan fingerprint density at radius 2 is 2.00 bits per heavy atom. The van der Waals surface area contributed by atoms with Crippen LogP contribution in [0.1, 0.15) is 30.9 Å². The third-order valence-electron chi connectivity index (χ3n) is 6.78. The number of sulfonamides is 1. The largest absolute Gasteiger partial charge is 0.417 e. The summed E-state index contributed by atoms with van der Waals surface area (Å²) in [6.45, 7) is 1.93. The molecule has 6 rings (SSSR count). The molecule has 3 amide bonds. The lowest BCUT2D eigenvalue weighted by Crippen LogP contribution is -2.58. The minimum absolute atomic E-state index is 0.00780. The van der Waals surface area contributed by atoms with Gasteiger partial charge in [-0.3, -0.25) is 19.4 Å². The second-order valence-electron chi connectivity index (χ2n) is 9.89. The number of thioether (sulfide) groups is 1. The van der Waals surface area contributed by atoms with Crippen molar-refractivity contribution in [3.63, 3.8) is 0 Å². The molecule has 1 saturated carbocycles. The van der Waals surface area contributed by atoms with Gasteiger partial charge in [-0.2, -0.15) is 5.10 Å². The number of amides is 3. The van der Waals surface area contributed by atoms with E-state index in [0.29, 0.717) is 22.2 Å². The Bertz CT molecular complexity index is 1630. The summed E-state index contributed by atoms with van der Waals surface area (Å²) >= 11 is 0.997. The Labute approximate surface area is 215 Å². The molecule has 0 spiro atoms. The predicted octanol–water partition coefficient (Wildman–Crippen LogP) is 1.82. The van der Waals surface area contributed by atoms with Crippen LogP contribution in [0.5, 0.6) is 0 Å². The molecule has 194 valence electrons. The van der Waals surface area contributed by atoms with E-state index in [4.69, 9.17) is 4.42 Å². The highest BCUT2D eigenvalue weighted by atomic mass is 32.3. The predicted molar refractivity (Wildman–Crippen MR) is 134 cm³/mol. The van der Waals surface area contributed by atoms with Crippen LogP contribution >= 0.6 is 11.8 Å². The lowest BCUT2D eigenvalue weighted by Gasteiger charge is -2.41. The molecule has 2 atom stereocenters. The van der Waals surface area contributed by atoms with E-state index in [1.807, 2.05) is 6.92 Å². The number of hydrogen-bond acceptors (Lipinski definition) is 8. The quantitative estimate of drug-likeness (QED) is 0.457. The summed E-state index contributed by atoms with van der Waals surface area (Å²) in [7, 11) is -2.11. The van der Waals surface area contributed by atoms with E-state index in [9.17, 15) is 22.8 Å². The van der Waals surface area contributed by atoms with E-state index in [-0.39, 0.29) is 17.3 Å². The van der Waals surface area contributed by atoms with E-state index in [2.05, 4.69) is 14.8 Å². The van der Waals surface area contributed by atoms with E-state index < -0.39 is 44.5 Å². The zero-order chi connectivity index (χ0) is 26.1. The number of nitrogens with one attached hydrogen (secondary N) is 2. The molecular formula is C23H24N6O6S2. The van der Waals surface area contributed by atoms with E-state index in [1.165, 1.54) is 11.0 Å². The molecule has 3 aliphatic rings. The Balaban J connectivity index is 1.34. The highest BCUT2D eigenvalue weighted by molar-refractivity contribution is 8.18. The minimum Gasteiger partial charge on any atom is -0.408 e. The lowest BCUT2D eigenvalue weighted by atomic mass is 10.0. The van der Waals surface area contributed by atoms with Gasteiger partial charge in [-0.05, 0) is 43.5 Å². The molecule has 1 aromatic carbocycles. The van der Waals surface area contributed by atoms with Crippen LogP contribution in [0.25, 0.3) is 11.1 Å². The van der Waals surface area contributed by atoms with Crippen LogP contribution in [-0.4, -0.2) is 55.8 Å². The third-order valence-corrected chi connectivity index (χ3v) is 10.3. The number of urea groups is 1. The number of H-pyrrole nitrogens is 1. The van der Waals surface area contributed by atoms with Crippen molar-refractivity contribution >= 4 is 44.8 Å². The van der Waals surface area contributed by atoms with Gasteiger partial charge in [0.15, 0.2) is 5.58 Å². The Hall–Kier alpha value is -3.36. The standard InChI is InChI=1S/C23H24N6O6S2/c1-23(5-6-23)26-37(33,34)18-8-15-19(30)28(12-14-9-24-27(2)10-14)22(32)29(20(15)36-18)11-13-3-4-16-17(7-13)35-21(31)25-16/h3-4,7-10,15,20,26H,5-6,11-12H2,1-2H3,(H,25,31). The van der Waals surface area contributed by atoms with Gasteiger partial charge >= 0.3 is 11.8 Å². The topological polar surface area (TPSA) is 151 Å². The van der Waals surface area contributed by atoms with E-state index in [1.54, 1.807) is 42.3 Å². The maximum Gasteiger partial charge on any atom is 0.417 e. The number of hydrogen-bond donors (Lipinski definition) is 2. The monoisotopic (exact) mass is 544 g/mol. The molecule has 0 bridgehead atoms. The number of aromatic nitrogens is 3. The molecule has 2 N–H and O–H groups in total. The van der Waals surface area contributed by atoms with Crippen molar-refractivity contribution in [1.29, 1.82) is 0 Å². The highest BCUT2D eigenvalue weighted by Gasteiger charge is 2.52. The molecule has 2 aromatic heterocycles. The molecule has 12 nitrogen and oxygen atoms in total. The number of carbonyl (C=O) groups is 2. The minimum atomic E-state index is -3.85. The van der Waals surface area contributed by atoms with Gasteiger partial charge in [0.2, 0.25) is 15.9 Å². The SMILES string of the molecule is Cn1cc(CN2C(=O)C3C=C(S(=O)(=O)NC4(C)CC4)SC3N(Cc3ccc4[nH]c(=O)oc4c3)C2=O)cn1. The summed E-state index contributed by atoms with van der Waals surface area (Å²) in [4.78, 5) is 44.0. The first-order valence-corrected chi connectivity index (χ1v) is 14.0. The maximum atomic E-state index is 13.7. The van der Waals surface area contributed by atoms with Gasteiger partial charge in [0.25, 0.3) is 0 Å². The Morgan fingerprint density at radius 3 is 2.70 bits per heavy atom. The fraction of sp³-hybridized carbons (Fsp3) is 0.391. The van der Waals surface area contributed by atoms with Crippen LogP contribution in [0.2, 0.25) is 0 Å². The molecule has 0 radical (unpaired) electrons. The average molecular weight is 545 g/mol. The summed E-state index contributed by atoms with van der Waals surface area (Å²) in [5.74, 6) is -1.89. The first kappa shape index (κ1) is 24.0. The average Bonchev–Trinajstić information content (AvgIpc) is 3.20. The molecule has 2 aliphatic heterocycles. The zero-order valence-electron chi connectivity index (χ0n) is 20.0. The van der Waals surface area contributed by atoms with Crippen LogP contribution in [0.4, 0.5) is 4.79 Å². The summed E-state index contributed by atoms with van der Waals surface area (Å²) < 4.78 is 35.7. The van der Waals surface area contributed by atoms with Gasteiger partial charge in [-0.15, -0.1) is 0 Å². The van der Waals surface area contributed by atoms with E-state index >= 15 is 0 Å². The summed E-state index contributed by atoms with van der Waals surface area (Å²) in [6.07, 6.45) is 6.24. The molecule has 37 heavy (non-hydrogen) atoms. The molecule has 1 saturated heterocycles. The van der Waals surface area contributed by atoms with Gasteiger partial charge in [-0.1, -0.05) is 17.8 Å². The van der Waals surface area contributed by atoms with Crippen molar-refractivity contribution < 1.29 is 22.4 Å². The van der Waals surface area contributed by atoms with Crippen molar-refractivity contribution in [1.82, 2.24) is 29.3 Å². The van der Waals surface area contributed by atoms with Crippen molar-refractivity contribution in [2.24, 2.45) is 13.0 Å². The second kappa shape index (κ2) is 8.33. The van der Waals surface area contributed by atoms with Crippen LogP contribution in [-0.2, 0) is 35.0 Å². The number of imide groups is 1. The normalized spacial score (nSPS) is 23.0. The van der Waals surface area contributed by atoms with Crippen LogP contribution < -0.4 is 10.5 Å². The summed E-state index contributed by atoms with van der Waals surface area (Å²) in [5, 5.41) is 3.37. The molecule has 14 heteroatoms. The van der Waals surface area contributed by atoms with Crippen LogP contribution in [0.15, 0.2) is 50.1 Å². The number of nitrogens with zero attached hydrogens (tertiary/aromatic N) is 4. The first-order valence-electron chi connectivity index (χ1n) is 11.7. The van der Waals surface area contributed by atoms with Gasteiger partial charge in [0, 0.05) is 30.9 Å². The molecule has 1 aliphatic carbocycles. The number of aromatic amines is 1. The van der Waals surface area contributed by atoms with Crippen molar-refractivity contribution in [3.8, 4) is 0 Å². The fourth-order valence-electron chi connectivity index (χ4n) is 4.59. The van der Waals surface area contributed by atoms with Crippen molar-refractivity contribution in [2.45, 2.75) is 43.8 Å². The maximum absolute atomic E-state index is 13.7. The first-order chi connectivity index (χ1) is 17.5. The molecule has 2 fully saturated rings. The zero-order valence-corrected chi connectivity index (χ0v) is 21.6. The lowest BCUT2D eigenvalue weighted by molar-refractivity contribution is -0.135. The van der Waals surface area contributed by atoms with Gasteiger partial charge in [-0.25, -0.2) is 22.7 Å². The van der Waals surface area contributed by atoms with Crippen molar-refractivity contribution in [3.05, 3.63) is 62.6 Å². The van der Waals surface area contributed by atoms with E-state index in [0.717, 1.165) is 29.5 Å². The Kier molecular flexibility index (Phi) is 5.40. The van der Waals surface area contributed by atoms with Gasteiger partial charge in [0.1, 0.15) is 9.61 Å². The third kappa shape index (κ3) is 4.38. The number of oxazole rings is 1. The van der Waals surface area contributed by atoms with Gasteiger partial charge in [0.05, 0.1) is 24.2 Å². The molecule has 3 aromatic rings. The number of fused-ring (bicyclic) bond motifs is 2. The van der Waals surface area contributed by atoms with Crippen LogP contribution in [0.3, 0.4) is 0 Å². The summed E-state index contributed by atoms with van der Waals surface area (Å²) in [5.41, 5.74) is 1.72. The summed E-state index contributed by atoms with van der Waals surface area (Å²) in [6, 6.07) is 4.54. The Morgan fingerprint density at radius 1 is 1.22 bits per heavy atom. The molecular weight excluding hydrogens is 520 g/mol. The molecule has 4 heterocycles. The van der Waals surface area contributed by atoms with Crippen LogP contribution in [0, 0.1) is 5.92 Å². The smallest absolute Gasteiger partial charge is 0.408 e. The number of benzene rings is 1. The highest BCUT2D eigenvalue weighted by Crippen LogP contribution is 2.46. The number of rotatable bonds is 7. The molecule has 2 unspecified atom stereocenters. The van der Waals surface area contributed by atoms with Crippen molar-refractivity contribution in [2.75, 3.05) is 0 Å². The number of aryl methyl sites for hydroxylation is 1. The van der Waals surface area contributed by atoms with Gasteiger partial charge < -0.3 is 9.32 Å². The second-order valence-corrected chi connectivity index (χ2v) is 13.0.